The van der Waals surface area contributed by atoms with Gasteiger partial charge < -0.3 is 15.6 Å². The predicted octanol–water partition coefficient (Wildman–Crippen LogP) is 1.46. The average molecular weight is 284 g/mol. The number of anilines is 2. The van der Waals surface area contributed by atoms with Crippen LogP contribution in [0.1, 0.15) is 5.82 Å². The fourth-order valence-corrected chi connectivity index (χ4v) is 1.55. The molecule has 0 aliphatic carbocycles. The highest BCUT2D eigenvalue weighted by Crippen LogP contribution is 2.19. The third kappa shape index (κ3) is 2.69. The summed E-state index contributed by atoms with van der Waals surface area (Å²) in [4.78, 5) is 8.06. The van der Waals surface area contributed by atoms with Crippen LogP contribution in [-0.2, 0) is 6.42 Å². The van der Waals surface area contributed by atoms with E-state index < -0.39 is 0 Å². The van der Waals surface area contributed by atoms with Gasteiger partial charge in [0.05, 0.1) is 5.69 Å². The second-order valence-electron chi connectivity index (χ2n) is 3.12. The summed E-state index contributed by atoms with van der Waals surface area (Å²) in [5.41, 5.74) is 6.38. The van der Waals surface area contributed by atoms with Gasteiger partial charge in [-0.3, -0.25) is 0 Å². The van der Waals surface area contributed by atoms with Gasteiger partial charge in [0.15, 0.2) is 5.82 Å². The number of halogens is 1. The molecule has 2 aromatic heterocycles. The number of pyridine rings is 1. The maximum absolute atomic E-state index is 5.78. The lowest BCUT2D eigenvalue weighted by Gasteiger charge is -2.06. The predicted molar refractivity (Wildman–Crippen MR) is 62.8 cm³/mol. The maximum atomic E-state index is 5.78. The first-order chi connectivity index (χ1) is 7.75. The summed E-state index contributed by atoms with van der Waals surface area (Å²) < 4.78 is 5.48. The minimum absolute atomic E-state index is 0.600. The Morgan fingerprint density at radius 3 is 3.00 bits per heavy atom. The van der Waals surface area contributed by atoms with Crippen LogP contribution in [0.2, 0.25) is 0 Å². The zero-order valence-corrected chi connectivity index (χ0v) is 9.94. The fraction of sp³-hybridized carbons (Fsp3) is 0.222. The number of rotatable bonds is 4. The molecule has 0 radical (unpaired) electrons. The minimum atomic E-state index is 0.600. The first-order valence-corrected chi connectivity index (χ1v) is 5.45. The van der Waals surface area contributed by atoms with E-state index in [1.54, 1.807) is 12.3 Å². The Kier molecular flexibility index (Phi) is 3.35. The van der Waals surface area contributed by atoms with E-state index in [0.717, 1.165) is 4.47 Å². The number of hydrogen-bond donors (Lipinski definition) is 2. The van der Waals surface area contributed by atoms with E-state index in [-0.39, 0.29) is 0 Å². The van der Waals surface area contributed by atoms with Crippen molar-refractivity contribution in [1.82, 2.24) is 15.1 Å². The van der Waals surface area contributed by atoms with E-state index in [9.17, 15) is 0 Å². The van der Waals surface area contributed by atoms with Crippen molar-refractivity contribution in [2.45, 2.75) is 6.42 Å². The van der Waals surface area contributed by atoms with Crippen LogP contribution in [0.15, 0.2) is 27.7 Å². The lowest BCUT2D eigenvalue weighted by atomic mass is 10.3. The summed E-state index contributed by atoms with van der Waals surface area (Å²) in [5, 5.41) is 6.80. The maximum Gasteiger partial charge on any atom is 0.213 e. The van der Waals surface area contributed by atoms with Crippen LogP contribution in [0.3, 0.4) is 0 Å². The molecular weight excluding hydrogens is 274 g/mol. The van der Waals surface area contributed by atoms with Gasteiger partial charge in [0, 0.05) is 23.6 Å². The quantitative estimate of drug-likeness (QED) is 0.883. The lowest BCUT2D eigenvalue weighted by Crippen LogP contribution is -2.09. The molecule has 84 valence electrons. The molecule has 0 saturated carbocycles. The summed E-state index contributed by atoms with van der Waals surface area (Å²) in [6.07, 6.45) is 3.66. The molecule has 2 aromatic rings. The third-order valence-electron chi connectivity index (χ3n) is 1.93. The molecule has 16 heavy (non-hydrogen) atoms. The molecule has 7 heteroatoms. The van der Waals surface area contributed by atoms with Crippen LogP contribution >= 0.6 is 15.9 Å². The molecule has 0 aliphatic rings. The first-order valence-electron chi connectivity index (χ1n) is 4.66. The van der Waals surface area contributed by atoms with Crippen LogP contribution < -0.4 is 11.1 Å². The number of nitrogen functional groups attached to an aromatic ring is 1. The van der Waals surface area contributed by atoms with Crippen molar-refractivity contribution in [2.75, 3.05) is 17.6 Å². The van der Waals surface area contributed by atoms with Gasteiger partial charge in [-0.15, -0.1) is 0 Å². The summed E-state index contributed by atoms with van der Waals surface area (Å²) in [5.74, 6) is 1.31. The first kappa shape index (κ1) is 10.9. The van der Waals surface area contributed by atoms with Crippen LogP contribution in [0.5, 0.6) is 0 Å². The third-order valence-corrected chi connectivity index (χ3v) is 2.37. The van der Waals surface area contributed by atoms with E-state index in [4.69, 9.17) is 5.73 Å². The topological polar surface area (TPSA) is 89.9 Å². The molecule has 0 atom stereocenters. The molecule has 0 aliphatic heterocycles. The number of nitrogens with one attached hydrogen (secondary N) is 1. The number of nitrogens with two attached hydrogens (primary N) is 1. The summed E-state index contributed by atoms with van der Waals surface area (Å²) >= 11 is 3.29. The van der Waals surface area contributed by atoms with Crippen molar-refractivity contribution in [1.29, 1.82) is 0 Å². The smallest absolute Gasteiger partial charge is 0.213 e. The van der Waals surface area contributed by atoms with Crippen molar-refractivity contribution in [3.8, 4) is 0 Å². The second kappa shape index (κ2) is 4.93. The highest BCUT2D eigenvalue weighted by atomic mass is 79.9. The summed E-state index contributed by atoms with van der Waals surface area (Å²) in [6, 6.07) is 1.80. The molecular formula is C9H10BrN5O. The largest absolute Gasteiger partial charge is 0.396 e. The van der Waals surface area contributed by atoms with Crippen LogP contribution in [0, 0.1) is 0 Å². The van der Waals surface area contributed by atoms with Crippen molar-refractivity contribution >= 4 is 27.4 Å². The van der Waals surface area contributed by atoms with Gasteiger partial charge >= 0.3 is 0 Å². The molecule has 0 unspecified atom stereocenters. The lowest BCUT2D eigenvalue weighted by molar-refractivity contribution is 0.410. The van der Waals surface area contributed by atoms with E-state index in [0.29, 0.717) is 30.3 Å². The fourth-order valence-electron chi connectivity index (χ4n) is 1.20. The zero-order chi connectivity index (χ0) is 11.4. The van der Waals surface area contributed by atoms with Crippen LogP contribution in [-0.4, -0.2) is 21.7 Å². The van der Waals surface area contributed by atoms with E-state index in [1.807, 2.05) is 0 Å². The summed E-state index contributed by atoms with van der Waals surface area (Å²) in [7, 11) is 0. The monoisotopic (exact) mass is 283 g/mol. The Morgan fingerprint density at radius 2 is 2.31 bits per heavy atom. The average Bonchev–Trinajstić information content (AvgIpc) is 2.74. The molecule has 0 aromatic carbocycles. The minimum Gasteiger partial charge on any atom is -0.396 e. The molecule has 0 saturated heterocycles. The Hall–Kier alpha value is -1.63. The Morgan fingerprint density at radius 1 is 1.44 bits per heavy atom. The van der Waals surface area contributed by atoms with Crippen molar-refractivity contribution in [3.63, 3.8) is 0 Å². The Labute approximate surface area is 100 Å². The van der Waals surface area contributed by atoms with Gasteiger partial charge in [-0.25, -0.2) is 4.98 Å². The van der Waals surface area contributed by atoms with Gasteiger partial charge in [-0.2, -0.15) is 4.98 Å². The summed E-state index contributed by atoms with van der Waals surface area (Å²) in [6.45, 7) is 0.651. The number of aromatic nitrogens is 3. The van der Waals surface area contributed by atoms with Crippen molar-refractivity contribution < 1.29 is 4.52 Å². The molecule has 3 N–H and O–H groups in total. The normalized spacial score (nSPS) is 10.3. The zero-order valence-electron chi connectivity index (χ0n) is 8.35. The number of hydrogen-bond acceptors (Lipinski definition) is 6. The van der Waals surface area contributed by atoms with Gasteiger partial charge in [0.1, 0.15) is 5.82 Å². The highest BCUT2D eigenvalue weighted by molar-refractivity contribution is 9.10. The van der Waals surface area contributed by atoms with Gasteiger partial charge in [-0.1, -0.05) is 5.16 Å². The second-order valence-corrected chi connectivity index (χ2v) is 4.03. The van der Waals surface area contributed by atoms with Crippen LogP contribution in [0.25, 0.3) is 0 Å². The Bertz CT molecular complexity index is 459. The van der Waals surface area contributed by atoms with Gasteiger partial charge in [0.2, 0.25) is 6.39 Å². The van der Waals surface area contributed by atoms with E-state index >= 15 is 0 Å². The molecule has 6 nitrogen and oxygen atoms in total. The van der Waals surface area contributed by atoms with Gasteiger partial charge in [0.25, 0.3) is 0 Å². The van der Waals surface area contributed by atoms with E-state index in [2.05, 4.69) is 40.9 Å². The highest BCUT2D eigenvalue weighted by Gasteiger charge is 2.02. The standard InChI is InChI=1S/C9H10BrN5O/c10-6-3-7(11)9(13-4-6)12-2-1-8-14-5-16-15-8/h3-5H,1-2,11H2,(H,12,13). The van der Waals surface area contributed by atoms with Crippen LogP contribution in [0.4, 0.5) is 11.5 Å². The molecule has 0 amide bonds. The van der Waals surface area contributed by atoms with E-state index in [1.165, 1.54) is 6.39 Å². The molecule has 0 bridgehead atoms. The molecule has 2 heterocycles. The molecule has 0 spiro atoms. The van der Waals surface area contributed by atoms with Crippen molar-refractivity contribution in [3.05, 3.63) is 29.0 Å². The molecule has 2 rings (SSSR count). The SMILES string of the molecule is Nc1cc(Br)cnc1NCCc1ncon1. The number of nitrogens with zero attached hydrogens (tertiary/aromatic N) is 3. The molecule has 0 fully saturated rings. The Balaban J connectivity index is 1.90. The van der Waals surface area contributed by atoms with Crippen molar-refractivity contribution in [2.24, 2.45) is 0 Å². The van der Waals surface area contributed by atoms with Gasteiger partial charge in [-0.05, 0) is 22.0 Å².